The minimum atomic E-state index is -0.0766. The van der Waals surface area contributed by atoms with Gasteiger partial charge in [-0.2, -0.15) is 0 Å². The van der Waals surface area contributed by atoms with Gasteiger partial charge >= 0.3 is 0 Å². The second-order valence-corrected chi connectivity index (χ2v) is 6.96. The van der Waals surface area contributed by atoms with Crippen molar-refractivity contribution < 1.29 is 9.53 Å². The number of benzene rings is 3. The lowest BCUT2D eigenvalue weighted by atomic mass is 10.0. The lowest BCUT2D eigenvalue weighted by molar-refractivity contribution is -0.115. The molecular formula is C22H18N2O2S. The van der Waals surface area contributed by atoms with Crippen molar-refractivity contribution in [2.24, 2.45) is 0 Å². The Labute approximate surface area is 161 Å². The molecule has 0 radical (unpaired) electrons. The third-order valence-corrected chi connectivity index (χ3v) is 5.12. The molecule has 0 aliphatic carbocycles. The zero-order valence-electron chi connectivity index (χ0n) is 14.8. The van der Waals surface area contributed by atoms with Crippen LogP contribution in [0.3, 0.4) is 0 Å². The molecule has 0 atom stereocenters. The number of ether oxygens (including phenoxy) is 1. The zero-order chi connectivity index (χ0) is 18.6. The standard InChI is InChI=1S/C22H18N2O2S/c1-26-20-12-5-4-11-18(20)19-14-27-22(23-19)24-21(25)13-16-9-6-8-15-7-2-3-10-17(15)16/h2-12,14H,13H2,1H3,(H,23,24,25). The number of aromatic nitrogens is 1. The first kappa shape index (κ1) is 17.2. The molecule has 4 rings (SSSR count). The molecule has 0 fully saturated rings. The molecule has 5 heteroatoms. The molecule has 0 bridgehead atoms. The van der Waals surface area contributed by atoms with Crippen molar-refractivity contribution in [2.45, 2.75) is 6.42 Å². The molecule has 0 spiro atoms. The molecule has 1 amide bonds. The van der Waals surface area contributed by atoms with E-state index in [0.717, 1.165) is 33.3 Å². The minimum absolute atomic E-state index is 0.0766. The van der Waals surface area contributed by atoms with Gasteiger partial charge in [0.2, 0.25) is 5.91 Å². The van der Waals surface area contributed by atoms with Gasteiger partial charge in [-0.15, -0.1) is 11.3 Å². The SMILES string of the molecule is COc1ccccc1-c1csc(NC(=O)Cc2cccc3ccccc23)n1. The van der Waals surface area contributed by atoms with Gasteiger partial charge in [0.15, 0.2) is 5.13 Å². The Morgan fingerprint density at radius 2 is 1.81 bits per heavy atom. The van der Waals surface area contributed by atoms with Crippen LogP contribution < -0.4 is 10.1 Å². The van der Waals surface area contributed by atoms with Crippen molar-refractivity contribution in [1.29, 1.82) is 0 Å². The van der Waals surface area contributed by atoms with Crippen LogP contribution >= 0.6 is 11.3 Å². The Morgan fingerprint density at radius 3 is 2.70 bits per heavy atom. The van der Waals surface area contributed by atoms with E-state index in [1.54, 1.807) is 7.11 Å². The maximum atomic E-state index is 12.5. The van der Waals surface area contributed by atoms with Gasteiger partial charge in [-0.1, -0.05) is 54.6 Å². The molecule has 1 heterocycles. The summed E-state index contributed by atoms with van der Waals surface area (Å²) < 4.78 is 5.39. The monoisotopic (exact) mass is 374 g/mol. The molecular weight excluding hydrogens is 356 g/mol. The van der Waals surface area contributed by atoms with Crippen molar-refractivity contribution in [1.82, 2.24) is 4.98 Å². The van der Waals surface area contributed by atoms with Gasteiger partial charge in [-0.05, 0) is 28.5 Å². The Balaban J connectivity index is 1.51. The number of rotatable bonds is 5. The van der Waals surface area contributed by atoms with E-state index in [0.29, 0.717) is 11.6 Å². The number of carbonyl (C=O) groups excluding carboxylic acids is 1. The fourth-order valence-electron chi connectivity index (χ4n) is 3.09. The van der Waals surface area contributed by atoms with E-state index in [2.05, 4.69) is 22.4 Å². The molecule has 0 saturated carbocycles. The third-order valence-electron chi connectivity index (χ3n) is 4.36. The van der Waals surface area contributed by atoms with Crippen LogP contribution in [0.2, 0.25) is 0 Å². The Hall–Kier alpha value is -3.18. The number of hydrogen-bond donors (Lipinski definition) is 1. The summed E-state index contributed by atoms with van der Waals surface area (Å²) in [6, 6.07) is 21.8. The van der Waals surface area contributed by atoms with Crippen LogP contribution in [0, 0.1) is 0 Å². The predicted molar refractivity (Wildman–Crippen MR) is 110 cm³/mol. The molecule has 3 aromatic carbocycles. The molecule has 0 saturated heterocycles. The lowest BCUT2D eigenvalue weighted by Crippen LogP contribution is -2.14. The maximum absolute atomic E-state index is 12.5. The first-order valence-corrected chi connectivity index (χ1v) is 9.48. The summed E-state index contributed by atoms with van der Waals surface area (Å²) in [5.41, 5.74) is 2.70. The van der Waals surface area contributed by atoms with Gasteiger partial charge in [-0.25, -0.2) is 4.98 Å². The van der Waals surface area contributed by atoms with E-state index in [1.807, 2.05) is 60.0 Å². The highest BCUT2D eigenvalue weighted by molar-refractivity contribution is 7.14. The normalized spacial score (nSPS) is 10.7. The number of nitrogens with zero attached hydrogens (tertiary/aromatic N) is 1. The molecule has 0 aliphatic heterocycles. The number of amides is 1. The average Bonchev–Trinajstić information content (AvgIpc) is 3.16. The largest absolute Gasteiger partial charge is 0.496 e. The average molecular weight is 374 g/mol. The summed E-state index contributed by atoms with van der Waals surface area (Å²) in [4.78, 5) is 17.1. The smallest absolute Gasteiger partial charge is 0.230 e. The van der Waals surface area contributed by atoms with Crippen LogP contribution in [0.5, 0.6) is 5.75 Å². The Kier molecular flexibility index (Phi) is 4.85. The predicted octanol–water partition coefficient (Wildman–Crippen LogP) is 5.15. The molecule has 4 aromatic rings. The van der Waals surface area contributed by atoms with Gasteiger partial charge in [0.1, 0.15) is 5.75 Å². The second kappa shape index (κ2) is 7.60. The summed E-state index contributed by atoms with van der Waals surface area (Å²) in [5.74, 6) is 0.684. The molecule has 1 N–H and O–H groups in total. The first-order chi connectivity index (χ1) is 13.2. The van der Waals surface area contributed by atoms with Crippen molar-refractivity contribution in [3.05, 3.63) is 77.7 Å². The van der Waals surface area contributed by atoms with Crippen LogP contribution in [0.15, 0.2) is 72.1 Å². The van der Waals surface area contributed by atoms with Crippen LogP contribution in [0.1, 0.15) is 5.56 Å². The van der Waals surface area contributed by atoms with E-state index < -0.39 is 0 Å². The van der Waals surface area contributed by atoms with Crippen molar-refractivity contribution in [3.8, 4) is 17.0 Å². The zero-order valence-corrected chi connectivity index (χ0v) is 15.6. The van der Waals surface area contributed by atoms with Crippen molar-refractivity contribution in [2.75, 3.05) is 12.4 Å². The fourth-order valence-corrected chi connectivity index (χ4v) is 3.82. The van der Waals surface area contributed by atoms with Gasteiger partial charge in [-0.3, -0.25) is 4.79 Å². The van der Waals surface area contributed by atoms with Crippen LogP contribution in [-0.2, 0) is 11.2 Å². The molecule has 0 unspecified atom stereocenters. The van der Waals surface area contributed by atoms with E-state index in [4.69, 9.17) is 4.74 Å². The van der Waals surface area contributed by atoms with Crippen LogP contribution in [-0.4, -0.2) is 18.0 Å². The summed E-state index contributed by atoms with van der Waals surface area (Å²) in [5, 5.41) is 7.65. The van der Waals surface area contributed by atoms with Gasteiger partial charge in [0, 0.05) is 10.9 Å². The maximum Gasteiger partial charge on any atom is 0.230 e. The number of hydrogen-bond acceptors (Lipinski definition) is 4. The highest BCUT2D eigenvalue weighted by Crippen LogP contribution is 2.32. The quantitative estimate of drug-likeness (QED) is 0.525. The number of anilines is 1. The number of carbonyl (C=O) groups is 1. The Morgan fingerprint density at radius 1 is 1.04 bits per heavy atom. The lowest BCUT2D eigenvalue weighted by Gasteiger charge is -2.07. The van der Waals surface area contributed by atoms with Gasteiger partial charge in [0.05, 0.1) is 19.2 Å². The fraction of sp³-hybridized carbons (Fsp3) is 0.0909. The third kappa shape index (κ3) is 3.68. The van der Waals surface area contributed by atoms with Gasteiger partial charge < -0.3 is 10.1 Å². The molecule has 1 aromatic heterocycles. The number of fused-ring (bicyclic) bond motifs is 1. The minimum Gasteiger partial charge on any atom is -0.496 e. The highest BCUT2D eigenvalue weighted by Gasteiger charge is 2.12. The topological polar surface area (TPSA) is 51.2 Å². The number of nitrogens with one attached hydrogen (secondary N) is 1. The summed E-state index contributed by atoms with van der Waals surface area (Å²) in [7, 11) is 1.64. The summed E-state index contributed by atoms with van der Waals surface area (Å²) >= 11 is 1.41. The molecule has 0 aliphatic rings. The number of methoxy groups -OCH3 is 1. The second-order valence-electron chi connectivity index (χ2n) is 6.10. The van der Waals surface area contributed by atoms with E-state index in [1.165, 1.54) is 11.3 Å². The van der Waals surface area contributed by atoms with E-state index in [9.17, 15) is 4.79 Å². The van der Waals surface area contributed by atoms with E-state index >= 15 is 0 Å². The van der Waals surface area contributed by atoms with Crippen LogP contribution in [0.4, 0.5) is 5.13 Å². The summed E-state index contributed by atoms with van der Waals surface area (Å²) in [6.45, 7) is 0. The molecule has 134 valence electrons. The summed E-state index contributed by atoms with van der Waals surface area (Å²) in [6.07, 6.45) is 0.310. The Bertz CT molecular complexity index is 1100. The van der Waals surface area contributed by atoms with E-state index in [-0.39, 0.29) is 5.91 Å². The van der Waals surface area contributed by atoms with Crippen molar-refractivity contribution in [3.63, 3.8) is 0 Å². The number of para-hydroxylation sites is 1. The van der Waals surface area contributed by atoms with Gasteiger partial charge in [0.25, 0.3) is 0 Å². The first-order valence-electron chi connectivity index (χ1n) is 8.60. The van der Waals surface area contributed by atoms with Crippen LogP contribution in [0.25, 0.3) is 22.0 Å². The molecule has 4 nitrogen and oxygen atoms in total. The van der Waals surface area contributed by atoms with Crippen molar-refractivity contribution >= 4 is 33.1 Å². The highest BCUT2D eigenvalue weighted by atomic mass is 32.1. The number of thiazole rings is 1. The molecule has 27 heavy (non-hydrogen) atoms.